The van der Waals surface area contributed by atoms with Crippen molar-refractivity contribution in [2.24, 2.45) is 5.73 Å². The number of carbonyl (C=O) groups excluding carboxylic acids is 1. The Balaban J connectivity index is 2.16. The summed E-state index contributed by atoms with van der Waals surface area (Å²) in [5, 5.41) is 27.5. The Labute approximate surface area is 202 Å². The molecule has 0 aromatic heterocycles. The molecule has 10 N–H and O–H groups in total. The zero-order valence-electron chi connectivity index (χ0n) is 20.9. The van der Waals surface area contributed by atoms with Gasteiger partial charge in [-0.25, -0.2) is 0 Å². The van der Waals surface area contributed by atoms with Gasteiger partial charge in [0.25, 0.3) is 0 Å². The van der Waals surface area contributed by atoms with Gasteiger partial charge in [0.2, 0.25) is 5.91 Å². The fourth-order valence-corrected chi connectivity index (χ4v) is 3.74. The molecule has 1 saturated heterocycles. The molecule has 1 aliphatic rings. The number of nitrogens with two attached hydrogens (primary N) is 1. The Kier molecular flexibility index (Phi) is 22.2. The maximum Gasteiger partial charge on any atom is 0.234 e. The summed E-state index contributed by atoms with van der Waals surface area (Å²) < 4.78 is 0. The molecule has 1 rings (SSSR count). The molecule has 196 valence electrons. The topological polar surface area (TPSA) is 139 Å². The van der Waals surface area contributed by atoms with E-state index in [9.17, 15) is 4.79 Å². The molecule has 0 spiro atoms. The van der Waals surface area contributed by atoms with Crippen molar-refractivity contribution in [3.63, 3.8) is 0 Å². The van der Waals surface area contributed by atoms with Crippen LogP contribution in [-0.4, -0.2) is 110 Å². The van der Waals surface area contributed by atoms with Crippen LogP contribution in [0, 0.1) is 0 Å². The van der Waals surface area contributed by atoms with E-state index in [1.54, 1.807) is 0 Å². The van der Waals surface area contributed by atoms with Crippen LogP contribution < -0.4 is 48.3 Å². The number of carbonyl (C=O) groups is 1. The summed E-state index contributed by atoms with van der Waals surface area (Å²) in [4.78, 5) is 11.7. The van der Waals surface area contributed by atoms with E-state index in [1.165, 1.54) is 19.3 Å². The summed E-state index contributed by atoms with van der Waals surface area (Å²) in [5.41, 5.74) is 5.57. The van der Waals surface area contributed by atoms with Crippen molar-refractivity contribution in [2.75, 3.05) is 98.2 Å². The third-order valence-electron chi connectivity index (χ3n) is 5.75. The van der Waals surface area contributed by atoms with Crippen molar-refractivity contribution in [3.05, 3.63) is 0 Å². The van der Waals surface area contributed by atoms with E-state index in [0.717, 1.165) is 117 Å². The normalized spacial score (nSPS) is 25.0. The van der Waals surface area contributed by atoms with Crippen LogP contribution in [0.4, 0.5) is 0 Å². The third-order valence-corrected chi connectivity index (χ3v) is 5.75. The molecule has 1 aliphatic heterocycles. The lowest BCUT2D eigenvalue weighted by molar-refractivity contribution is -0.120. The minimum absolute atomic E-state index is 0.213. The molecule has 1 atom stereocenters. The van der Waals surface area contributed by atoms with Crippen LogP contribution >= 0.6 is 0 Å². The smallest absolute Gasteiger partial charge is 0.234 e. The lowest BCUT2D eigenvalue weighted by Gasteiger charge is -2.16. The van der Waals surface area contributed by atoms with E-state index in [4.69, 9.17) is 5.73 Å². The zero-order valence-corrected chi connectivity index (χ0v) is 20.9. The van der Waals surface area contributed by atoms with E-state index in [-0.39, 0.29) is 11.9 Å². The number of hydrogen-bond acceptors (Lipinski definition) is 9. The van der Waals surface area contributed by atoms with E-state index < -0.39 is 0 Å². The number of hydrogen-bond donors (Lipinski definition) is 9. The largest absolute Gasteiger partial charge is 0.368 e. The first-order valence-electron chi connectivity index (χ1n) is 13.3. The van der Waals surface area contributed by atoms with Crippen LogP contribution in [0.15, 0.2) is 0 Å². The molecule has 0 radical (unpaired) electrons. The molecule has 1 fully saturated rings. The average Bonchev–Trinajstić information content (AvgIpc) is 2.80. The molecule has 0 aromatic carbocycles. The van der Waals surface area contributed by atoms with Crippen molar-refractivity contribution >= 4 is 5.91 Å². The number of amides is 1. The lowest BCUT2D eigenvalue weighted by Crippen LogP contribution is -2.44. The summed E-state index contributed by atoms with van der Waals surface area (Å²) in [6.45, 7) is 14.5. The van der Waals surface area contributed by atoms with Gasteiger partial charge < -0.3 is 48.3 Å². The van der Waals surface area contributed by atoms with Gasteiger partial charge in [-0.1, -0.05) is 25.7 Å². The molecule has 0 bridgehead atoms. The Bertz CT molecular complexity index is 399. The van der Waals surface area contributed by atoms with Gasteiger partial charge in [0.1, 0.15) is 0 Å². The van der Waals surface area contributed by atoms with Gasteiger partial charge in [-0.15, -0.1) is 0 Å². The monoisotopic (exact) mass is 471 g/mol. The fourth-order valence-electron chi connectivity index (χ4n) is 3.74. The second-order valence-electron chi connectivity index (χ2n) is 8.72. The Hall–Kier alpha value is -0.850. The summed E-state index contributed by atoms with van der Waals surface area (Å²) in [7, 11) is 0. The van der Waals surface area contributed by atoms with Crippen LogP contribution in [0.5, 0.6) is 0 Å². The summed E-state index contributed by atoms with van der Waals surface area (Å²) in [5.74, 6) is -0.237. The van der Waals surface area contributed by atoms with E-state index in [0.29, 0.717) is 0 Å². The Morgan fingerprint density at radius 1 is 0.455 bits per heavy atom. The quantitative estimate of drug-likeness (QED) is 0.211. The van der Waals surface area contributed by atoms with Crippen molar-refractivity contribution < 1.29 is 4.79 Å². The SMILES string of the molecule is NC(=O)C1CCCCCCCNCCNCCNCCNCCNCCNCCNCCN1. The van der Waals surface area contributed by atoms with Crippen LogP contribution in [0.1, 0.15) is 38.5 Å². The highest BCUT2D eigenvalue weighted by atomic mass is 16.1. The van der Waals surface area contributed by atoms with Crippen LogP contribution in [-0.2, 0) is 4.79 Å². The molecule has 0 aliphatic carbocycles. The van der Waals surface area contributed by atoms with Crippen LogP contribution in [0.25, 0.3) is 0 Å². The number of primary amides is 1. The maximum atomic E-state index is 11.7. The molecule has 33 heavy (non-hydrogen) atoms. The van der Waals surface area contributed by atoms with E-state index in [1.807, 2.05) is 0 Å². The van der Waals surface area contributed by atoms with Gasteiger partial charge in [-0.2, -0.15) is 0 Å². The van der Waals surface area contributed by atoms with Crippen LogP contribution in [0.2, 0.25) is 0 Å². The Morgan fingerprint density at radius 2 is 0.788 bits per heavy atom. The minimum Gasteiger partial charge on any atom is -0.368 e. The minimum atomic E-state index is -0.237. The molecular formula is C23H53N9O. The highest BCUT2D eigenvalue weighted by Gasteiger charge is 2.13. The predicted octanol–water partition coefficient (Wildman–Crippen LogP) is -2.09. The summed E-state index contributed by atoms with van der Waals surface area (Å²) >= 11 is 0. The first-order chi connectivity index (χ1) is 16.3. The van der Waals surface area contributed by atoms with Gasteiger partial charge in [0.05, 0.1) is 6.04 Å². The predicted molar refractivity (Wildman–Crippen MR) is 139 cm³/mol. The van der Waals surface area contributed by atoms with Crippen molar-refractivity contribution in [1.29, 1.82) is 0 Å². The third kappa shape index (κ3) is 21.4. The zero-order chi connectivity index (χ0) is 23.7. The summed E-state index contributed by atoms with van der Waals surface area (Å²) in [6, 6.07) is -0.213. The molecule has 0 saturated carbocycles. The molecule has 1 unspecified atom stereocenters. The first-order valence-corrected chi connectivity index (χ1v) is 13.3. The number of nitrogens with one attached hydrogen (secondary N) is 8. The molecule has 0 aromatic rings. The summed E-state index contributed by atoms with van der Waals surface area (Å²) in [6.07, 6.45) is 6.71. The lowest BCUT2D eigenvalue weighted by atomic mass is 10.1. The number of rotatable bonds is 1. The van der Waals surface area contributed by atoms with Gasteiger partial charge in [-0.05, 0) is 19.4 Å². The van der Waals surface area contributed by atoms with Crippen molar-refractivity contribution in [2.45, 2.75) is 44.6 Å². The van der Waals surface area contributed by atoms with E-state index >= 15 is 0 Å². The standard InChI is InChI=1S/C23H53N9O/c24-23(33)22-6-4-2-1-3-5-7-25-8-9-26-10-11-27-12-13-28-14-15-29-16-17-30-18-19-31-20-21-32-22/h22,25-32H,1-21H2,(H2,24,33). The van der Waals surface area contributed by atoms with Crippen molar-refractivity contribution in [1.82, 2.24) is 42.5 Å². The van der Waals surface area contributed by atoms with Crippen molar-refractivity contribution in [3.8, 4) is 0 Å². The van der Waals surface area contributed by atoms with Gasteiger partial charge >= 0.3 is 0 Å². The maximum absolute atomic E-state index is 11.7. The molecule has 10 nitrogen and oxygen atoms in total. The second-order valence-corrected chi connectivity index (χ2v) is 8.72. The fraction of sp³-hybridized carbons (Fsp3) is 0.957. The van der Waals surface area contributed by atoms with Gasteiger partial charge in [0, 0.05) is 91.6 Å². The highest BCUT2D eigenvalue weighted by molar-refractivity contribution is 5.79. The van der Waals surface area contributed by atoms with Gasteiger partial charge in [-0.3, -0.25) is 4.79 Å². The molecule has 1 heterocycles. The van der Waals surface area contributed by atoms with Gasteiger partial charge in [0.15, 0.2) is 0 Å². The first kappa shape index (κ1) is 30.2. The van der Waals surface area contributed by atoms with Crippen LogP contribution in [0.3, 0.4) is 0 Å². The molecule has 1 amide bonds. The highest BCUT2D eigenvalue weighted by Crippen LogP contribution is 2.07. The Morgan fingerprint density at radius 3 is 1.21 bits per heavy atom. The van der Waals surface area contributed by atoms with E-state index in [2.05, 4.69) is 42.5 Å². The molecule has 10 heteroatoms. The second kappa shape index (κ2) is 24.3. The molecular weight excluding hydrogens is 418 g/mol. The average molecular weight is 472 g/mol.